The van der Waals surface area contributed by atoms with Crippen molar-refractivity contribution < 1.29 is 19.4 Å². The van der Waals surface area contributed by atoms with Crippen LogP contribution in [0.5, 0.6) is 0 Å². The molecule has 1 amide bonds. The van der Waals surface area contributed by atoms with E-state index < -0.39 is 17.5 Å². The van der Waals surface area contributed by atoms with Crippen LogP contribution in [-0.2, 0) is 9.53 Å². The Morgan fingerprint density at radius 1 is 1.56 bits per heavy atom. The summed E-state index contributed by atoms with van der Waals surface area (Å²) in [7, 11) is 0. The maximum atomic E-state index is 11.3. The van der Waals surface area contributed by atoms with Crippen molar-refractivity contribution in [2.24, 2.45) is 11.3 Å². The summed E-state index contributed by atoms with van der Waals surface area (Å²) in [6, 6.07) is -0.285. The van der Waals surface area contributed by atoms with Crippen molar-refractivity contribution in [3.8, 4) is 0 Å². The smallest absolute Gasteiger partial charge is 0.407 e. The van der Waals surface area contributed by atoms with Crippen molar-refractivity contribution in [3.05, 3.63) is 12.7 Å². The van der Waals surface area contributed by atoms with Gasteiger partial charge in [0.2, 0.25) is 0 Å². The molecule has 2 N–H and O–H groups in total. The van der Waals surface area contributed by atoms with Gasteiger partial charge in [-0.3, -0.25) is 4.79 Å². The highest BCUT2D eigenvalue weighted by molar-refractivity contribution is 5.79. The first-order valence-corrected chi connectivity index (χ1v) is 5.36. The summed E-state index contributed by atoms with van der Waals surface area (Å²) in [6.45, 7) is 3.57. The molecule has 0 spiro atoms. The molecule has 5 nitrogen and oxygen atoms in total. The van der Waals surface area contributed by atoms with Gasteiger partial charge in [0, 0.05) is 6.04 Å². The molecule has 3 rings (SSSR count). The molecule has 3 aliphatic carbocycles. The first-order chi connectivity index (χ1) is 7.58. The fourth-order valence-electron chi connectivity index (χ4n) is 2.82. The van der Waals surface area contributed by atoms with Crippen molar-refractivity contribution in [2.45, 2.75) is 25.3 Å². The molecule has 2 bridgehead atoms. The molecule has 3 fully saturated rings. The highest BCUT2D eigenvalue weighted by Crippen LogP contribution is 2.58. The van der Waals surface area contributed by atoms with Crippen LogP contribution in [0.3, 0.4) is 0 Å². The number of carboxylic acid groups (broad SMARTS) is 1. The van der Waals surface area contributed by atoms with Crippen molar-refractivity contribution in [2.75, 3.05) is 6.61 Å². The number of carbonyl (C=O) groups is 2. The number of alkyl carbamates (subject to hydrolysis) is 1. The molecule has 0 heterocycles. The second kappa shape index (κ2) is 3.81. The summed E-state index contributed by atoms with van der Waals surface area (Å²) in [5.41, 5.74) is -0.738. The van der Waals surface area contributed by atoms with Crippen LogP contribution in [0.15, 0.2) is 12.7 Å². The van der Waals surface area contributed by atoms with E-state index in [1.165, 1.54) is 6.08 Å². The van der Waals surface area contributed by atoms with E-state index in [-0.39, 0.29) is 12.6 Å². The minimum absolute atomic E-state index is 0.141. The van der Waals surface area contributed by atoms with Crippen LogP contribution < -0.4 is 5.32 Å². The third kappa shape index (κ3) is 1.56. The van der Waals surface area contributed by atoms with Gasteiger partial charge in [-0.2, -0.15) is 0 Å². The van der Waals surface area contributed by atoms with Crippen LogP contribution in [-0.4, -0.2) is 29.8 Å². The Kier molecular flexibility index (Phi) is 2.61. The SMILES string of the molecule is C=CCOC(=O)NC1CC2CC1(C(=O)O)C2. The van der Waals surface area contributed by atoms with Crippen LogP contribution >= 0.6 is 0 Å². The standard InChI is InChI=1S/C11H15NO4/c1-2-3-16-10(15)12-8-4-7-5-11(8,6-7)9(13)14/h2,7-8H,1,3-6H2,(H,12,15)(H,13,14). The predicted molar refractivity (Wildman–Crippen MR) is 55.9 cm³/mol. The minimum Gasteiger partial charge on any atom is -0.481 e. The number of hydrogen-bond donors (Lipinski definition) is 2. The van der Waals surface area contributed by atoms with E-state index in [2.05, 4.69) is 11.9 Å². The first-order valence-electron chi connectivity index (χ1n) is 5.36. The van der Waals surface area contributed by atoms with E-state index >= 15 is 0 Å². The topological polar surface area (TPSA) is 75.6 Å². The van der Waals surface area contributed by atoms with Gasteiger partial charge in [0.15, 0.2) is 0 Å². The van der Waals surface area contributed by atoms with E-state index in [1.807, 2.05) is 0 Å². The van der Waals surface area contributed by atoms with Gasteiger partial charge in [-0.05, 0) is 25.2 Å². The van der Waals surface area contributed by atoms with Gasteiger partial charge < -0.3 is 15.2 Å². The Labute approximate surface area is 93.5 Å². The summed E-state index contributed by atoms with van der Waals surface area (Å²) in [5, 5.41) is 11.8. The second-order valence-corrected chi connectivity index (χ2v) is 4.56. The van der Waals surface area contributed by atoms with Gasteiger partial charge in [-0.25, -0.2) is 4.79 Å². The number of carboxylic acids is 1. The zero-order chi connectivity index (χ0) is 11.8. The zero-order valence-corrected chi connectivity index (χ0v) is 8.94. The van der Waals surface area contributed by atoms with Crippen molar-refractivity contribution in [1.29, 1.82) is 0 Å². The number of amides is 1. The number of fused-ring (bicyclic) bond motifs is 1. The van der Waals surface area contributed by atoms with Gasteiger partial charge in [-0.1, -0.05) is 12.7 Å². The van der Waals surface area contributed by atoms with Gasteiger partial charge in [0.05, 0.1) is 5.41 Å². The Balaban J connectivity index is 1.93. The molecule has 0 aliphatic heterocycles. The summed E-state index contributed by atoms with van der Waals surface area (Å²) < 4.78 is 4.78. The van der Waals surface area contributed by atoms with Crippen LogP contribution in [0.1, 0.15) is 19.3 Å². The third-order valence-electron chi connectivity index (χ3n) is 3.59. The van der Waals surface area contributed by atoms with Crippen LogP contribution in [0.2, 0.25) is 0 Å². The molecule has 0 aromatic carbocycles. The van der Waals surface area contributed by atoms with Crippen molar-refractivity contribution >= 4 is 12.1 Å². The van der Waals surface area contributed by atoms with E-state index in [1.54, 1.807) is 0 Å². The summed E-state index contributed by atoms with van der Waals surface area (Å²) in [4.78, 5) is 22.5. The summed E-state index contributed by atoms with van der Waals surface area (Å²) >= 11 is 0. The van der Waals surface area contributed by atoms with Gasteiger partial charge in [-0.15, -0.1) is 0 Å². The normalized spacial score (nSPS) is 35.0. The Morgan fingerprint density at radius 3 is 2.81 bits per heavy atom. The van der Waals surface area contributed by atoms with Crippen LogP contribution in [0.25, 0.3) is 0 Å². The molecule has 0 radical (unpaired) electrons. The lowest BCUT2D eigenvalue weighted by Gasteiger charge is -2.36. The lowest BCUT2D eigenvalue weighted by molar-refractivity contribution is -0.154. The number of nitrogens with one attached hydrogen (secondary N) is 1. The molecule has 1 unspecified atom stereocenters. The van der Waals surface area contributed by atoms with E-state index in [9.17, 15) is 9.59 Å². The molecular weight excluding hydrogens is 210 g/mol. The molecule has 1 atom stereocenters. The Bertz CT molecular complexity index is 333. The lowest BCUT2D eigenvalue weighted by Crippen LogP contribution is -2.50. The molecule has 0 saturated heterocycles. The maximum absolute atomic E-state index is 11.3. The zero-order valence-electron chi connectivity index (χ0n) is 8.94. The highest BCUT2D eigenvalue weighted by atomic mass is 16.5. The third-order valence-corrected chi connectivity index (χ3v) is 3.59. The quantitative estimate of drug-likeness (QED) is 0.704. The largest absolute Gasteiger partial charge is 0.481 e. The van der Waals surface area contributed by atoms with Crippen molar-refractivity contribution in [3.63, 3.8) is 0 Å². The minimum atomic E-state index is -0.810. The monoisotopic (exact) mass is 225 g/mol. The van der Waals surface area contributed by atoms with Gasteiger partial charge in [0.25, 0.3) is 0 Å². The van der Waals surface area contributed by atoms with E-state index in [4.69, 9.17) is 9.84 Å². The summed E-state index contributed by atoms with van der Waals surface area (Å²) in [6.07, 6.45) is 3.01. The average Bonchev–Trinajstić information content (AvgIpc) is 2.68. The maximum Gasteiger partial charge on any atom is 0.407 e. The summed E-state index contributed by atoms with van der Waals surface area (Å²) in [5.74, 6) is -0.365. The molecule has 88 valence electrons. The highest BCUT2D eigenvalue weighted by Gasteiger charge is 2.62. The Morgan fingerprint density at radius 2 is 2.25 bits per heavy atom. The Hall–Kier alpha value is -1.52. The number of aliphatic carboxylic acids is 1. The van der Waals surface area contributed by atoms with Gasteiger partial charge >= 0.3 is 12.1 Å². The number of ether oxygens (including phenoxy) is 1. The lowest BCUT2D eigenvalue weighted by atomic mass is 9.68. The van der Waals surface area contributed by atoms with E-state index in [0.29, 0.717) is 18.8 Å². The van der Waals surface area contributed by atoms with E-state index in [0.717, 1.165) is 6.42 Å². The predicted octanol–water partition coefficient (Wildman–Crippen LogP) is 1.15. The molecule has 16 heavy (non-hydrogen) atoms. The van der Waals surface area contributed by atoms with Gasteiger partial charge in [0.1, 0.15) is 6.61 Å². The molecule has 3 aliphatic rings. The fraction of sp³-hybridized carbons (Fsp3) is 0.636. The second-order valence-electron chi connectivity index (χ2n) is 4.56. The van der Waals surface area contributed by atoms with Crippen LogP contribution in [0.4, 0.5) is 4.79 Å². The first kappa shape index (κ1) is 11.0. The number of rotatable bonds is 4. The molecule has 0 aromatic rings. The molecule has 3 saturated carbocycles. The molecule has 0 aromatic heterocycles. The molecule has 5 heteroatoms. The van der Waals surface area contributed by atoms with Crippen LogP contribution in [0, 0.1) is 11.3 Å². The fourth-order valence-corrected chi connectivity index (χ4v) is 2.82. The average molecular weight is 225 g/mol. The number of hydrogen-bond acceptors (Lipinski definition) is 3. The molecular formula is C11H15NO4. The van der Waals surface area contributed by atoms with Crippen molar-refractivity contribution in [1.82, 2.24) is 5.32 Å². The number of carbonyl (C=O) groups excluding carboxylic acids is 1.